The second-order valence-corrected chi connectivity index (χ2v) is 3.52. The van der Waals surface area contributed by atoms with E-state index in [2.05, 4.69) is 0 Å². The highest BCUT2D eigenvalue weighted by Gasteiger charge is 2.06. The van der Waals surface area contributed by atoms with Crippen LogP contribution >= 0.6 is 23.2 Å². The molecule has 1 aromatic rings. The van der Waals surface area contributed by atoms with Gasteiger partial charge in [-0.3, -0.25) is 0 Å². The van der Waals surface area contributed by atoms with Gasteiger partial charge in [0.1, 0.15) is 11.8 Å². The van der Waals surface area contributed by atoms with Crippen molar-refractivity contribution >= 4 is 28.8 Å². The second kappa shape index (κ2) is 4.36. The number of nitriles is 1. The lowest BCUT2D eigenvalue weighted by molar-refractivity contribution is 0.418. The van der Waals surface area contributed by atoms with Crippen LogP contribution in [0.5, 0.6) is 0 Å². The van der Waals surface area contributed by atoms with Crippen molar-refractivity contribution in [1.29, 1.82) is 5.26 Å². The Morgan fingerprint density at radius 2 is 2.00 bits per heavy atom. The molecule has 0 spiro atoms. The summed E-state index contributed by atoms with van der Waals surface area (Å²) < 4.78 is 0. The van der Waals surface area contributed by atoms with Crippen LogP contribution in [0.1, 0.15) is 12.5 Å². The highest BCUT2D eigenvalue weighted by molar-refractivity contribution is 6.42. The van der Waals surface area contributed by atoms with Gasteiger partial charge in [-0.05, 0) is 24.6 Å². The maximum absolute atomic E-state index is 9.21. The molecule has 0 aliphatic heterocycles. The number of aliphatic hydroxyl groups is 1. The van der Waals surface area contributed by atoms with Crippen LogP contribution in [0.25, 0.3) is 5.57 Å². The standard InChI is InChI=1S/C10H7Cl2NO/c1-6(14)8(5-13)7-2-3-9(11)10(12)4-7/h2-4,14H,1H3/b8-6-. The van der Waals surface area contributed by atoms with E-state index in [1.807, 2.05) is 6.07 Å². The van der Waals surface area contributed by atoms with E-state index in [4.69, 9.17) is 28.5 Å². The average molecular weight is 228 g/mol. The summed E-state index contributed by atoms with van der Waals surface area (Å²) in [6, 6.07) is 6.65. The van der Waals surface area contributed by atoms with E-state index in [0.717, 1.165) is 0 Å². The van der Waals surface area contributed by atoms with Crippen molar-refractivity contribution in [2.24, 2.45) is 0 Å². The summed E-state index contributed by atoms with van der Waals surface area (Å²) in [5, 5.41) is 18.8. The minimum absolute atomic E-state index is 0.0362. The predicted molar refractivity (Wildman–Crippen MR) is 57.3 cm³/mol. The summed E-state index contributed by atoms with van der Waals surface area (Å²) in [6.45, 7) is 1.45. The van der Waals surface area contributed by atoms with Crippen molar-refractivity contribution < 1.29 is 5.11 Å². The molecule has 0 saturated heterocycles. The molecular weight excluding hydrogens is 221 g/mol. The van der Waals surface area contributed by atoms with Crippen LogP contribution in [-0.2, 0) is 0 Å². The number of nitrogens with zero attached hydrogens (tertiary/aromatic N) is 1. The summed E-state index contributed by atoms with van der Waals surface area (Å²) in [7, 11) is 0. The highest BCUT2D eigenvalue weighted by atomic mass is 35.5. The molecule has 0 amide bonds. The number of allylic oxidation sites excluding steroid dienone is 2. The molecule has 0 aliphatic rings. The Bertz CT molecular complexity index is 428. The number of halogens is 2. The van der Waals surface area contributed by atoms with Crippen molar-refractivity contribution in [2.75, 3.05) is 0 Å². The molecule has 14 heavy (non-hydrogen) atoms. The normalized spacial score (nSPS) is 11.9. The molecule has 0 atom stereocenters. The van der Waals surface area contributed by atoms with Crippen molar-refractivity contribution in [3.05, 3.63) is 39.6 Å². The van der Waals surface area contributed by atoms with Gasteiger partial charge in [0.25, 0.3) is 0 Å². The maximum Gasteiger partial charge on any atom is 0.107 e. The highest BCUT2D eigenvalue weighted by Crippen LogP contribution is 2.26. The third-order valence-corrected chi connectivity index (χ3v) is 2.42. The molecule has 0 radical (unpaired) electrons. The minimum Gasteiger partial charge on any atom is -0.511 e. The van der Waals surface area contributed by atoms with Crippen LogP contribution in [0.2, 0.25) is 10.0 Å². The molecule has 0 unspecified atom stereocenters. The van der Waals surface area contributed by atoms with E-state index in [0.29, 0.717) is 15.6 Å². The van der Waals surface area contributed by atoms with Crippen LogP contribution in [0, 0.1) is 11.3 Å². The first-order chi connectivity index (χ1) is 6.56. The summed E-state index contributed by atoms with van der Waals surface area (Å²) in [4.78, 5) is 0. The molecule has 1 N–H and O–H groups in total. The Kier molecular flexibility index (Phi) is 3.40. The van der Waals surface area contributed by atoms with Gasteiger partial charge in [0.15, 0.2) is 0 Å². The molecule has 4 heteroatoms. The Balaban J connectivity index is 3.29. The molecule has 0 aromatic heterocycles. The van der Waals surface area contributed by atoms with Crippen LogP contribution < -0.4 is 0 Å². The van der Waals surface area contributed by atoms with Gasteiger partial charge < -0.3 is 5.11 Å². The zero-order valence-electron chi connectivity index (χ0n) is 7.38. The predicted octanol–water partition coefficient (Wildman–Crippen LogP) is 3.81. The number of aliphatic hydroxyl groups excluding tert-OH is 1. The van der Waals surface area contributed by atoms with Crippen LogP contribution in [0.4, 0.5) is 0 Å². The SMILES string of the molecule is C/C(O)=C(\C#N)c1ccc(Cl)c(Cl)c1. The zero-order chi connectivity index (χ0) is 10.7. The molecule has 72 valence electrons. The van der Waals surface area contributed by atoms with Crippen molar-refractivity contribution in [3.8, 4) is 6.07 Å². The number of benzene rings is 1. The van der Waals surface area contributed by atoms with Crippen molar-refractivity contribution in [2.45, 2.75) is 6.92 Å². The van der Waals surface area contributed by atoms with Gasteiger partial charge in [-0.15, -0.1) is 0 Å². The first-order valence-electron chi connectivity index (χ1n) is 3.81. The molecule has 0 bridgehead atoms. The first-order valence-corrected chi connectivity index (χ1v) is 4.57. The number of hydrogen-bond acceptors (Lipinski definition) is 2. The fraction of sp³-hybridized carbons (Fsp3) is 0.100. The van der Waals surface area contributed by atoms with Crippen LogP contribution in [0.3, 0.4) is 0 Å². The van der Waals surface area contributed by atoms with Gasteiger partial charge in [-0.1, -0.05) is 29.3 Å². The average Bonchev–Trinajstić information content (AvgIpc) is 2.11. The molecular formula is C10H7Cl2NO. The topological polar surface area (TPSA) is 44.0 Å². The number of hydrogen-bond donors (Lipinski definition) is 1. The zero-order valence-corrected chi connectivity index (χ0v) is 8.89. The summed E-state index contributed by atoms with van der Waals surface area (Å²) in [5.41, 5.74) is 0.755. The van der Waals surface area contributed by atoms with Gasteiger partial charge in [0.2, 0.25) is 0 Å². The lowest BCUT2D eigenvalue weighted by atomic mass is 10.1. The lowest BCUT2D eigenvalue weighted by Gasteiger charge is -2.02. The van der Waals surface area contributed by atoms with Crippen molar-refractivity contribution in [1.82, 2.24) is 0 Å². The third-order valence-electron chi connectivity index (χ3n) is 1.68. The van der Waals surface area contributed by atoms with Gasteiger partial charge >= 0.3 is 0 Å². The van der Waals surface area contributed by atoms with E-state index < -0.39 is 0 Å². The van der Waals surface area contributed by atoms with Crippen LogP contribution in [0.15, 0.2) is 24.0 Å². The number of rotatable bonds is 1. The van der Waals surface area contributed by atoms with Gasteiger partial charge in [-0.2, -0.15) is 5.26 Å². The minimum atomic E-state index is -0.0362. The third kappa shape index (κ3) is 2.20. The molecule has 0 saturated carbocycles. The van der Waals surface area contributed by atoms with E-state index in [-0.39, 0.29) is 11.3 Å². The Labute approximate surface area is 92.0 Å². The van der Waals surface area contributed by atoms with E-state index >= 15 is 0 Å². The Morgan fingerprint density at radius 3 is 2.43 bits per heavy atom. The van der Waals surface area contributed by atoms with Crippen LogP contribution in [-0.4, -0.2) is 5.11 Å². The lowest BCUT2D eigenvalue weighted by Crippen LogP contribution is -1.86. The smallest absolute Gasteiger partial charge is 0.107 e. The van der Waals surface area contributed by atoms with E-state index in [1.165, 1.54) is 6.92 Å². The van der Waals surface area contributed by atoms with Gasteiger partial charge in [0, 0.05) is 0 Å². The summed E-state index contributed by atoms with van der Waals surface area (Å²) in [5.74, 6) is -0.0362. The molecule has 0 heterocycles. The molecule has 1 aromatic carbocycles. The summed E-state index contributed by atoms with van der Waals surface area (Å²) >= 11 is 11.5. The molecule has 0 aliphatic carbocycles. The Morgan fingerprint density at radius 1 is 1.36 bits per heavy atom. The monoisotopic (exact) mass is 227 g/mol. The maximum atomic E-state index is 9.21. The molecule has 0 fully saturated rings. The fourth-order valence-electron chi connectivity index (χ4n) is 1.01. The van der Waals surface area contributed by atoms with Crippen molar-refractivity contribution in [3.63, 3.8) is 0 Å². The molecule has 1 rings (SSSR count). The van der Waals surface area contributed by atoms with E-state index in [9.17, 15) is 5.11 Å². The fourth-order valence-corrected chi connectivity index (χ4v) is 1.30. The van der Waals surface area contributed by atoms with E-state index in [1.54, 1.807) is 18.2 Å². The largest absolute Gasteiger partial charge is 0.511 e. The Hall–Kier alpha value is -1.17. The molecule has 2 nitrogen and oxygen atoms in total. The quantitative estimate of drug-likeness (QED) is 0.586. The van der Waals surface area contributed by atoms with Gasteiger partial charge in [0.05, 0.1) is 15.6 Å². The second-order valence-electron chi connectivity index (χ2n) is 2.70. The summed E-state index contributed by atoms with van der Waals surface area (Å²) in [6.07, 6.45) is 0. The first kappa shape index (κ1) is 10.9. The van der Waals surface area contributed by atoms with Gasteiger partial charge in [-0.25, -0.2) is 0 Å².